The number of alkyl halides is 2. The van der Waals surface area contributed by atoms with Gasteiger partial charge in [-0.3, -0.25) is 4.79 Å². The van der Waals surface area contributed by atoms with Crippen LogP contribution in [0.25, 0.3) is 0 Å². The van der Waals surface area contributed by atoms with Gasteiger partial charge in [0.15, 0.2) is 6.10 Å². The van der Waals surface area contributed by atoms with Crippen LogP contribution in [0.4, 0.5) is 14.5 Å². The molecule has 0 bridgehead atoms. The predicted molar refractivity (Wildman–Crippen MR) is 99.5 cm³/mol. The average molecular weight is 395 g/mol. The van der Waals surface area contributed by atoms with Crippen molar-refractivity contribution in [1.29, 1.82) is 0 Å². The summed E-state index contributed by atoms with van der Waals surface area (Å²) in [6.07, 6.45) is -1.13. The van der Waals surface area contributed by atoms with Crippen LogP contribution < -0.4 is 10.1 Å². The van der Waals surface area contributed by atoms with Crippen LogP contribution >= 0.6 is 11.8 Å². The molecular formula is C19H19F2NO4S. The molecule has 1 N–H and O–H groups in total. The molecule has 144 valence electrons. The topological polar surface area (TPSA) is 64.6 Å². The van der Waals surface area contributed by atoms with E-state index in [4.69, 9.17) is 9.47 Å². The fraction of sp³-hybridized carbons (Fsp3) is 0.263. The van der Waals surface area contributed by atoms with Gasteiger partial charge in [-0.1, -0.05) is 30.0 Å². The van der Waals surface area contributed by atoms with Crippen molar-refractivity contribution in [2.75, 3.05) is 12.4 Å². The number of anilines is 1. The van der Waals surface area contributed by atoms with Gasteiger partial charge in [0, 0.05) is 4.90 Å². The average Bonchev–Trinajstić information content (AvgIpc) is 2.61. The third kappa shape index (κ3) is 5.68. The Morgan fingerprint density at radius 3 is 2.52 bits per heavy atom. The van der Waals surface area contributed by atoms with E-state index in [1.165, 1.54) is 32.2 Å². The van der Waals surface area contributed by atoms with Gasteiger partial charge >= 0.3 is 5.97 Å². The molecule has 0 saturated carbocycles. The molecule has 0 heterocycles. The van der Waals surface area contributed by atoms with Crippen LogP contribution in [0.3, 0.4) is 0 Å². The Bertz CT molecular complexity index is 829. The zero-order valence-corrected chi connectivity index (χ0v) is 15.8. The van der Waals surface area contributed by atoms with Gasteiger partial charge in [-0.25, -0.2) is 4.79 Å². The third-order valence-electron chi connectivity index (χ3n) is 3.59. The number of nitrogens with one attached hydrogen (secondary N) is 1. The van der Waals surface area contributed by atoms with E-state index in [9.17, 15) is 18.4 Å². The molecule has 0 spiro atoms. The molecular weight excluding hydrogens is 376 g/mol. The number of amides is 1. The summed E-state index contributed by atoms with van der Waals surface area (Å²) < 4.78 is 35.6. The van der Waals surface area contributed by atoms with Crippen molar-refractivity contribution in [2.24, 2.45) is 0 Å². The van der Waals surface area contributed by atoms with E-state index in [1.54, 1.807) is 18.2 Å². The van der Waals surface area contributed by atoms with Gasteiger partial charge in [0.1, 0.15) is 5.75 Å². The van der Waals surface area contributed by atoms with Crippen molar-refractivity contribution < 1.29 is 27.8 Å². The van der Waals surface area contributed by atoms with Gasteiger partial charge in [0.25, 0.3) is 11.7 Å². The van der Waals surface area contributed by atoms with Gasteiger partial charge < -0.3 is 14.8 Å². The fourth-order valence-corrected chi connectivity index (χ4v) is 2.89. The summed E-state index contributed by atoms with van der Waals surface area (Å²) in [4.78, 5) is 24.7. The lowest BCUT2D eigenvalue weighted by Gasteiger charge is -2.16. The number of benzene rings is 2. The summed E-state index contributed by atoms with van der Waals surface area (Å²) in [6.45, 7) is 3.26. The molecule has 0 radical (unpaired) electrons. The van der Waals surface area contributed by atoms with Crippen LogP contribution in [0.2, 0.25) is 0 Å². The molecule has 8 heteroatoms. The highest BCUT2D eigenvalue weighted by atomic mass is 32.2. The lowest BCUT2D eigenvalue weighted by molar-refractivity contribution is -0.123. The summed E-state index contributed by atoms with van der Waals surface area (Å²) >= 11 is 0.247. The van der Waals surface area contributed by atoms with E-state index < -0.39 is 23.7 Å². The zero-order valence-electron chi connectivity index (χ0n) is 15.0. The molecule has 0 aliphatic heterocycles. The Hall–Kier alpha value is -2.61. The summed E-state index contributed by atoms with van der Waals surface area (Å²) in [6, 6.07) is 11.1. The van der Waals surface area contributed by atoms with Gasteiger partial charge in [-0.05, 0) is 43.7 Å². The lowest BCUT2D eigenvalue weighted by Crippen LogP contribution is -2.30. The fourth-order valence-electron chi connectivity index (χ4n) is 2.27. The summed E-state index contributed by atoms with van der Waals surface area (Å²) in [5.41, 5.74) is 1.34. The molecule has 2 aromatic carbocycles. The summed E-state index contributed by atoms with van der Waals surface area (Å²) in [5.74, 6) is -3.62. The Balaban J connectivity index is 2.09. The number of rotatable bonds is 7. The molecule has 0 saturated heterocycles. The van der Waals surface area contributed by atoms with E-state index in [2.05, 4.69) is 5.32 Å². The molecule has 0 unspecified atom stereocenters. The lowest BCUT2D eigenvalue weighted by atomic mass is 10.2. The maximum Gasteiger partial charge on any atom is 0.340 e. The van der Waals surface area contributed by atoms with Crippen LogP contribution in [0.5, 0.6) is 5.75 Å². The van der Waals surface area contributed by atoms with Crippen LogP contribution in [0, 0.1) is 6.92 Å². The summed E-state index contributed by atoms with van der Waals surface area (Å²) in [7, 11) is 1.47. The molecule has 1 amide bonds. The molecule has 1 atom stereocenters. The second kappa shape index (κ2) is 9.36. The van der Waals surface area contributed by atoms with Crippen molar-refractivity contribution in [3.8, 4) is 5.75 Å². The number of halogens is 2. The van der Waals surface area contributed by atoms with Crippen molar-refractivity contribution in [2.45, 2.75) is 30.6 Å². The first kappa shape index (κ1) is 20.7. The Labute approximate surface area is 160 Å². The molecule has 5 nitrogen and oxygen atoms in total. The van der Waals surface area contributed by atoms with E-state index in [-0.39, 0.29) is 22.2 Å². The third-order valence-corrected chi connectivity index (χ3v) is 4.38. The number of thioether (sulfide) groups is 1. The van der Waals surface area contributed by atoms with E-state index >= 15 is 0 Å². The Morgan fingerprint density at radius 2 is 1.85 bits per heavy atom. The highest BCUT2D eigenvalue weighted by molar-refractivity contribution is 7.99. The molecule has 0 aliphatic rings. The number of aryl methyl sites for hydroxylation is 1. The zero-order chi connectivity index (χ0) is 20.0. The molecule has 27 heavy (non-hydrogen) atoms. The number of hydrogen-bond donors (Lipinski definition) is 1. The maximum atomic E-state index is 12.6. The molecule has 0 aromatic heterocycles. The summed E-state index contributed by atoms with van der Waals surface area (Å²) in [5, 5.41) is 2.64. The monoisotopic (exact) mass is 395 g/mol. The Kier molecular flexibility index (Phi) is 7.18. The predicted octanol–water partition coefficient (Wildman–Crippen LogP) is 4.50. The highest BCUT2D eigenvalue weighted by Gasteiger charge is 2.23. The number of methoxy groups -OCH3 is 1. The minimum Gasteiger partial charge on any atom is -0.495 e. The number of esters is 1. The van der Waals surface area contributed by atoms with Crippen molar-refractivity contribution in [3.05, 3.63) is 53.6 Å². The smallest absolute Gasteiger partial charge is 0.340 e. The minimum absolute atomic E-state index is 0.0180. The van der Waals surface area contributed by atoms with Crippen LogP contribution in [0.15, 0.2) is 47.4 Å². The SMILES string of the molecule is COc1ccc(C)cc1NC(=O)[C@H](C)OC(=O)c1ccccc1SC(F)F. The van der Waals surface area contributed by atoms with Crippen molar-refractivity contribution in [1.82, 2.24) is 0 Å². The van der Waals surface area contributed by atoms with Gasteiger partial charge in [0.05, 0.1) is 18.4 Å². The largest absolute Gasteiger partial charge is 0.495 e. The molecule has 2 aromatic rings. The van der Waals surface area contributed by atoms with E-state index in [0.29, 0.717) is 11.4 Å². The molecule has 0 aliphatic carbocycles. The first-order valence-electron chi connectivity index (χ1n) is 8.02. The quantitative estimate of drug-likeness (QED) is 0.552. The van der Waals surface area contributed by atoms with Crippen molar-refractivity contribution in [3.63, 3.8) is 0 Å². The first-order chi connectivity index (χ1) is 12.8. The van der Waals surface area contributed by atoms with E-state index in [1.807, 2.05) is 13.0 Å². The van der Waals surface area contributed by atoms with Crippen LogP contribution in [0.1, 0.15) is 22.8 Å². The Morgan fingerprint density at radius 1 is 1.15 bits per heavy atom. The van der Waals surface area contributed by atoms with Gasteiger partial charge in [0.2, 0.25) is 0 Å². The van der Waals surface area contributed by atoms with Gasteiger partial charge in [-0.2, -0.15) is 8.78 Å². The number of ether oxygens (including phenoxy) is 2. The maximum absolute atomic E-state index is 12.6. The van der Waals surface area contributed by atoms with E-state index in [0.717, 1.165) is 5.56 Å². The highest BCUT2D eigenvalue weighted by Crippen LogP contribution is 2.29. The second-order valence-corrected chi connectivity index (χ2v) is 6.65. The molecule has 2 rings (SSSR count). The number of carbonyl (C=O) groups is 2. The van der Waals surface area contributed by atoms with Crippen LogP contribution in [-0.4, -0.2) is 30.8 Å². The van der Waals surface area contributed by atoms with Crippen molar-refractivity contribution >= 4 is 29.3 Å². The number of carbonyl (C=O) groups excluding carboxylic acids is 2. The second-order valence-electron chi connectivity index (χ2n) is 5.62. The first-order valence-corrected chi connectivity index (χ1v) is 8.90. The van der Waals surface area contributed by atoms with Gasteiger partial charge in [-0.15, -0.1) is 0 Å². The normalized spacial score (nSPS) is 11.8. The molecule has 0 fully saturated rings. The standard InChI is InChI=1S/C19H19F2NO4S/c1-11-8-9-15(25-3)14(10-11)22-17(23)12(2)26-18(24)13-6-4-5-7-16(13)27-19(20)21/h4-10,12,19H,1-3H3,(H,22,23)/t12-/m0/s1. The number of hydrogen-bond acceptors (Lipinski definition) is 5. The minimum atomic E-state index is -2.67. The van der Waals surface area contributed by atoms with Crippen LogP contribution in [-0.2, 0) is 9.53 Å².